The number of likely N-dealkylation sites (N-methyl/N-ethyl adjacent to an activating group) is 1. The lowest BCUT2D eigenvalue weighted by atomic mass is 10.2. The second-order valence-corrected chi connectivity index (χ2v) is 4.16. The van der Waals surface area contributed by atoms with Gasteiger partial charge in [0.2, 0.25) is 0 Å². The Morgan fingerprint density at radius 2 is 1.80 bits per heavy atom. The highest BCUT2D eigenvalue weighted by atomic mass is 16.5. The van der Waals surface area contributed by atoms with Gasteiger partial charge in [-0.3, -0.25) is 4.90 Å². The molecule has 4 nitrogen and oxygen atoms in total. The third-order valence-corrected chi connectivity index (χ3v) is 3.28. The van der Waals surface area contributed by atoms with Crippen LogP contribution in [-0.4, -0.2) is 64.1 Å². The van der Waals surface area contributed by atoms with E-state index in [2.05, 4.69) is 17.1 Å². The zero-order valence-corrected chi connectivity index (χ0v) is 10.3. The van der Waals surface area contributed by atoms with Crippen LogP contribution in [0.5, 0.6) is 0 Å². The van der Waals surface area contributed by atoms with Crippen molar-refractivity contribution in [2.75, 3.05) is 40.9 Å². The van der Waals surface area contributed by atoms with Crippen molar-refractivity contribution < 1.29 is 9.47 Å². The average molecular weight is 216 g/mol. The van der Waals surface area contributed by atoms with Gasteiger partial charge in [0.15, 0.2) is 0 Å². The number of hydrogen-bond acceptors (Lipinski definition) is 4. The average Bonchev–Trinajstić information content (AvgIpc) is 2.68. The normalized spacial score (nSPS) is 29.6. The van der Waals surface area contributed by atoms with E-state index in [9.17, 15) is 0 Å². The van der Waals surface area contributed by atoms with Crippen LogP contribution in [-0.2, 0) is 9.47 Å². The Morgan fingerprint density at radius 3 is 2.13 bits per heavy atom. The molecule has 1 saturated heterocycles. The van der Waals surface area contributed by atoms with Gasteiger partial charge in [-0.05, 0) is 13.5 Å². The summed E-state index contributed by atoms with van der Waals surface area (Å²) in [6, 6.07) is 0.568. The Hall–Kier alpha value is -0.160. The molecule has 0 aliphatic carbocycles. The van der Waals surface area contributed by atoms with Crippen LogP contribution in [0.25, 0.3) is 0 Å². The fourth-order valence-corrected chi connectivity index (χ4v) is 2.16. The molecule has 0 bridgehead atoms. The van der Waals surface area contributed by atoms with Crippen LogP contribution < -0.4 is 5.32 Å². The molecule has 90 valence electrons. The maximum absolute atomic E-state index is 5.41. The number of methoxy groups -OCH3 is 2. The first-order chi connectivity index (χ1) is 7.24. The first-order valence-corrected chi connectivity index (χ1v) is 5.70. The number of nitrogens with one attached hydrogen (secondary N) is 1. The van der Waals surface area contributed by atoms with Crippen LogP contribution >= 0.6 is 0 Å². The monoisotopic (exact) mass is 216 g/mol. The van der Waals surface area contributed by atoms with Crippen LogP contribution in [0.2, 0.25) is 0 Å². The van der Waals surface area contributed by atoms with Gasteiger partial charge in [-0.15, -0.1) is 0 Å². The largest absolute Gasteiger partial charge is 0.377 e. The fourth-order valence-electron chi connectivity index (χ4n) is 2.16. The first kappa shape index (κ1) is 12.9. The van der Waals surface area contributed by atoms with Crippen LogP contribution in [0.15, 0.2) is 0 Å². The molecule has 0 radical (unpaired) electrons. The highest BCUT2D eigenvalue weighted by Crippen LogP contribution is 2.16. The van der Waals surface area contributed by atoms with Gasteiger partial charge in [-0.25, -0.2) is 0 Å². The van der Waals surface area contributed by atoms with Gasteiger partial charge in [0.25, 0.3) is 0 Å². The zero-order valence-electron chi connectivity index (χ0n) is 10.3. The molecular weight excluding hydrogens is 192 g/mol. The van der Waals surface area contributed by atoms with Crippen LogP contribution in [0.1, 0.15) is 13.3 Å². The summed E-state index contributed by atoms with van der Waals surface area (Å²) in [6.07, 6.45) is 1.61. The molecule has 0 aromatic rings. The molecule has 0 aromatic carbocycles. The van der Waals surface area contributed by atoms with E-state index in [-0.39, 0.29) is 12.2 Å². The van der Waals surface area contributed by atoms with Crippen molar-refractivity contribution in [3.05, 3.63) is 0 Å². The molecule has 0 amide bonds. The summed E-state index contributed by atoms with van der Waals surface area (Å²) in [4.78, 5) is 2.41. The van der Waals surface area contributed by atoms with Crippen molar-refractivity contribution in [2.45, 2.75) is 31.6 Å². The van der Waals surface area contributed by atoms with Crippen LogP contribution in [0, 0.1) is 0 Å². The van der Waals surface area contributed by atoms with Gasteiger partial charge in [0.05, 0.1) is 12.2 Å². The Kier molecular flexibility index (Phi) is 5.53. The van der Waals surface area contributed by atoms with Gasteiger partial charge in [-0.1, -0.05) is 6.92 Å². The molecule has 1 aliphatic rings. The SMILES string of the molecule is CCC(CN1CC(OC)C(OC)C1)NC. The number of ether oxygens (including phenoxy) is 2. The van der Waals surface area contributed by atoms with E-state index < -0.39 is 0 Å². The number of hydrogen-bond donors (Lipinski definition) is 1. The van der Waals surface area contributed by atoms with E-state index in [0.29, 0.717) is 6.04 Å². The van der Waals surface area contributed by atoms with Crippen molar-refractivity contribution in [1.82, 2.24) is 10.2 Å². The van der Waals surface area contributed by atoms with E-state index in [4.69, 9.17) is 9.47 Å². The quantitative estimate of drug-likeness (QED) is 0.694. The van der Waals surface area contributed by atoms with Crippen LogP contribution in [0.3, 0.4) is 0 Å². The van der Waals surface area contributed by atoms with Gasteiger partial charge in [-0.2, -0.15) is 0 Å². The highest BCUT2D eigenvalue weighted by Gasteiger charge is 2.33. The molecule has 4 heteroatoms. The van der Waals surface area contributed by atoms with E-state index in [0.717, 1.165) is 26.1 Å². The van der Waals surface area contributed by atoms with Crippen molar-refractivity contribution >= 4 is 0 Å². The molecular formula is C11H24N2O2. The minimum absolute atomic E-state index is 0.226. The summed E-state index contributed by atoms with van der Waals surface area (Å²) in [7, 11) is 5.54. The molecule has 1 fully saturated rings. The lowest BCUT2D eigenvalue weighted by Crippen LogP contribution is -2.38. The van der Waals surface area contributed by atoms with E-state index >= 15 is 0 Å². The second kappa shape index (κ2) is 6.43. The third-order valence-electron chi connectivity index (χ3n) is 3.28. The maximum atomic E-state index is 5.41. The predicted octanol–water partition coefficient (Wildman–Crippen LogP) is 0.330. The summed E-state index contributed by atoms with van der Waals surface area (Å²) in [5, 5.41) is 3.32. The molecule has 1 N–H and O–H groups in total. The van der Waals surface area contributed by atoms with Crippen molar-refractivity contribution in [2.24, 2.45) is 0 Å². The zero-order chi connectivity index (χ0) is 11.3. The van der Waals surface area contributed by atoms with Crippen molar-refractivity contribution in [3.8, 4) is 0 Å². The molecule has 15 heavy (non-hydrogen) atoms. The Morgan fingerprint density at radius 1 is 1.27 bits per heavy atom. The smallest absolute Gasteiger partial charge is 0.0971 e. The minimum Gasteiger partial charge on any atom is -0.377 e. The van der Waals surface area contributed by atoms with Crippen LogP contribution in [0.4, 0.5) is 0 Å². The third kappa shape index (κ3) is 3.41. The molecule has 1 aliphatic heterocycles. The molecule has 1 rings (SSSR count). The van der Waals surface area contributed by atoms with Gasteiger partial charge in [0.1, 0.15) is 0 Å². The van der Waals surface area contributed by atoms with Crippen molar-refractivity contribution in [3.63, 3.8) is 0 Å². The van der Waals surface area contributed by atoms with E-state index in [1.165, 1.54) is 0 Å². The standard InChI is InChI=1S/C11H24N2O2/c1-5-9(12-2)6-13-7-10(14-3)11(8-13)15-4/h9-12H,5-8H2,1-4H3. The lowest BCUT2D eigenvalue weighted by Gasteiger charge is -2.21. The molecule has 0 aromatic heterocycles. The Bertz CT molecular complexity index is 162. The topological polar surface area (TPSA) is 33.7 Å². The molecule has 0 saturated carbocycles. The fraction of sp³-hybridized carbons (Fsp3) is 1.00. The number of rotatable bonds is 6. The maximum Gasteiger partial charge on any atom is 0.0971 e. The molecule has 3 unspecified atom stereocenters. The first-order valence-electron chi connectivity index (χ1n) is 5.70. The van der Waals surface area contributed by atoms with E-state index in [1.54, 1.807) is 14.2 Å². The molecule has 0 spiro atoms. The van der Waals surface area contributed by atoms with Crippen molar-refractivity contribution in [1.29, 1.82) is 0 Å². The Balaban J connectivity index is 2.39. The molecule has 3 atom stereocenters. The summed E-state index contributed by atoms with van der Waals surface area (Å²) in [6.45, 7) is 5.24. The van der Waals surface area contributed by atoms with Gasteiger partial charge in [0, 0.05) is 39.9 Å². The summed E-state index contributed by atoms with van der Waals surface area (Å²) >= 11 is 0. The Labute approximate surface area is 92.9 Å². The summed E-state index contributed by atoms with van der Waals surface area (Å²) in [5.74, 6) is 0. The summed E-state index contributed by atoms with van der Waals surface area (Å²) in [5.41, 5.74) is 0. The highest BCUT2D eigenvalue weighted by molar-refractivity contribution is 4.87. The number of nitrogens with zero attached hydrogens (tertiary/aromatic N) is 1. The van der Waals surface area contributed by atoms with Gasteiger partial charge < -0.3 is 14.8 Å². The predicted molar refractivity (Wildman–Crippen MR) is 61.2 cm³/mol. The van der Waals surface area contributed by atoms with Gasteiger partial charge >= 0.3 is 0 Å². The van der Waals surface area contributed by atoms with E-state index in [1.807, 2.05) is 7.05 Å². The molecule has 1 heterocycles. The lowest BCUT2D eigenvalue weighted by molar-refractivity contribution is -0.00461. The second-order valence-electron chi connectivity index (χ2n) is 4.16. The minimum atomic E-state index is 0.226. The summed E-state index contributed by atoms with van der Waals surface area (Å²) < 4.78 is 10.8. The number of likely N-dealkylation sites (tertiary alicyclic amines) is 1.